The van der Waals surface area contributed by atoms with Crippen LogP contribution in [0.1, 0.15) is 53.9 Å². The zero-order valence-corrected chi connectivity index (χ0v) is 20.4. The van der Waals surface area contributed by atoms with E-state index in [1.807, 2.05) is 63.3 Å². The first-order chi connectivity index (χ1) is 15.7. The molecule has 0 saturated carbocycles. The van der Waals surface area contributed by atoms with E-state index >= 15 is 0 Å². The van der Waals surface area contributed by atoms with Gasteiger partial charge in [0.05, 0.1) is 18.3 Å². The van der Waals surface area contributed by atoms with E-state index < -0.39 is 12.2 Å². The van der Waals surface area contributed by atoms with Crippen molar-refractivity contribution in [1.82, 2.24) is 0 Å². The molecule has 0 aromatic carbocycles. The van der Waals surface area contributed by atoms with Crippen molar-refractivity contribution in [2.24, 2.45) is 11.8 Å². The lowest BCUT2D eigenvalue weighted by Crippen LogP contribution is -2.43. The molecule has 6 atom stereocenters. The minimum absolute atomic E-state index is 0.122. The van der Waals surface area contributed by atoms with Gasteiger partial charge in [-0.05, 0) is 39.2 Å². The fourth-order valence-electron chi connectivity index (χ4n) is 4.05. The lowest BCUT2D eigenvalue weighted by Gasteiger charge is -2.33. The summed E-state index contributed by atoms with van der Waals surface area (Å²) in [6.07, 6.45) is 18.7. The number of hydrogen-bond acceptors (Lipinski definition) is 5. The average molecular weight is 455 g/mol. The Morgan fingerprint density at radius 3 is 2.73 bits per heavy atom. The lowest BCUT2D eigenvalue weighted by atomic mass is 9.89. The van der Waals surface area contributed by atoms with Gasteiger partial charge in [-0.3, -0.25) is 4.79 Å². The predicted molar refractivity (Wildman–Crippen MR) is 131 cm³/mol. The van der Waals surface area contributed by atoms with Gasteiger partial charge in [0.2, 0.25) is 0 Å². The minimum Gasteiger partial charge on any atom is -0.455 e. The summed E-state index contributed by atoms with van der Waals surface area (Å²) in [5.41, 5.74) is 2.31. The highest BCUT2D eigenvalue weighted by Gasteiger charge is 2.35. The van der Waals surface area contributed by atoms with Crippen LogP contribution in [0.4, 0.5) is 0 Å². The fraction of sp³-hybridized carbons (Fsp3) is 0.500. The molecular weight excluding hydrogens is 416 g/mol. The van der Waals surface area contributed by atoms with Crippen LogP contribution in [0.15, 0.2) is 71.9 Å². The second-order valence-electron chi connectivity index (χ2n) is 9.08. The Kier molecular flexibility index (Phi) is 10.8. The van der Waals surface area contributed by atoms with E-state index in [4.69, 9.17) is 9.47 Å². The molecule has 0 radical (unpaired) electrons. The minimum atomic E-state index is -0.827. The monoisotopic (exact) mass is 454 g/mol. The number of aliphatic hydroxyl groups excluding tert-OH is 1. The van der Waals surface area contributed by atoms with Gasteiger partial charge in [-0.25, -0.2) is 4.79 Å². The highest BCUT2D eigenvalue weighted by atomic mass is 16.5. The molecule has 33 heavy (non-hydrogen) atoms. The van der Waals surface area contributed by atoms with Crippen LogP contribution in [0.3, 0.4) is 0 Å². The van der Waals surface area contributed by atoms with Crippen molar-refractivity contribution < 1.29 is 24.2 Å². The van der Waals surface area contributed by atoms with Crippen molar-refractivity contribution >= 4 is 11.8 Å². The van der Waals surface area contributed by atoms with Crippen LogP contribution in [0.2, 0.25) is 0 Å². The van der Waals surface area contributed by atoms with Gasteiger partial charge in [-0.1, -0.05) is 73.6 Å². The van der Waals surface area contributed by atoms with Crippen LogP contribution in [0, 0.1) is 11.8 Å². The number of rotatable bonds is 9. The molecule has 2 aliphatic rings. The van der Waals surface area contributed by atoms with Crippen molar-refractivity contribution in [3.8, 4) is 0 Å². The van der Waals surface area contributed by atoms with Crippen molar-refractivity contribution in [1.29, 1.82) is 0 Å². The van der Waals surface area contributed by atoms with Gasteiger partial charge in [0.15, 0.2) is 0 Å². The summed E-state index contributed by atoms with van der Waals surface area (Å²) >= 11 is 0. The van der Waals surface area contributed by atoms with Gasteiger partial charge in [-0.2, -0.15) is 0 Å². The molecule has 0 aliphatic carbocycles. The van der Waals surface area contributed by atoms with Gasteiger partial charge >= 0.3 is 5.97 Å². The van der Waals surface area contributed by atoms with E-state index in [9.17, 15) is 14.7 Å². The topological polar surface area (TPSA) is 72.8 Å². The van der Waals surface area contributed by atoms with Crippen molar-refractivity contribution in [2.75, 3.05) is 0 Å². The molecule has 5 nitrogen and oxygen atoms in total. The molecule has 1 N–H and O–H groups in total. The quantitative estimate of drug-likeness (QED) is 0.295. The molecule has 0 spiro atoms. The Labute approximate surface area is 198 Å². The highest BCUT2D eigenvalue weighted by Crippen LogP contribution is 2.25. The molecule has 1 saturated heterocycles. The molecule has 2 unspecified atom stereocenters. The number of allylic oxidation sites excluding steroid dienone is 7. The second kappa shape index (κ2) is 13.3. The van der Waals surface area contributed by atoms with Crippen LogP contribution in [0.25, 0.3) is 0 Å². The number of Topliss-reactive ketones (excluding diaryl/α,β-unsaturated/α-hetero) is 1. The summed E-state index contributed by atoms with van der Waals surface area (Å²) in [5.74, 6) is -0.0196. The average Bonchev–Trinajstić information content (AvgIpc) is 2.75. The van der Waals surface area contributed by atoms with Gasteiger partial charge < -0.3 is 14.6 Å². The Hall–Kier alpha value is -2.50. The number of esters is 1. The summed E-state index contributed by atoms with van der Waals surface area (Å²) in [6.45, 7) is 10.0. The number of cyclic esters (lactones) is 1. The van der Waals surface area contributed by atoms with Crippen molar-refractivity contribution in [3.05, 3.63) is 71.9 Å². The SMILES string of the molecule is C/C=C/[C@@H]1O[C@H](C(O)/C=C/C=C(\C)C[C@@H](C)/C=C(C)\C=C\[C@H]2CC=CC(=O)O2)CC(=O)C1C. The van der Waals surface area contributed by atoms with E-state index in [0.717, 1.165) is 12.0 Å². The van der Waals surface area contributed by atoms with Crippen LogP contribution >= 0.6 is 0 Å². The summed E-state index contributed by atoms with van der Waals surface area (Å²) < 4.78 is 11.2. The number of aliphatic hydroxyl groups is 1. The first kappa shape index (κ1) is 26.7. The smallest absolute Gasteiger partial charge is 0.331 e. The van der Waals surface area contributed by atoms with Crippen LogP contribution in [-0.4, -0.2) is 41.3 Å². The molecule has 1 fully saturated rings. The molecule has 2 aliphatic heterocycles. The number of carbonyl (C=O) groups excluding carboxylic acids is 2. The normalized spacial score (nSPS) is 29.3. The number of carbonyl (C=O) groups is 2. The Morgan fingerprint density at radius 2 is 2.03 bits per heavy atom. The Bertz CT molecular complexity index is 858. The molecule has 0 aromatic rings. The van der Waals surface area contributed by atoms with Crippen LogP contribution < -0.4 is 0 Å². The van der Waals surface area contributed by atoms with E-state index in [0.29, 0.717) is 12.3 Å². The number of hydrogen-bond donors (Lipinski definition) is 1. The van der Waals surface area contributed by atoms with Gasteiger partial charge in [0, 0.05) is 24.8 Å². The summed E-state index contributed by atoms with van der Waals surface area (Å²) in [5, 5.41) is 10.5. The van der Waals surface area contributed by atoms with Gasteiger partial charge in [0.25, 0.3) is 0 Å². The molecule has 180 valence electrons. The van der Waals surface area contributed by atoms with E-state index in [1.165, 1.54) is 11.6 Å². The van der Waals surface area contributed by atoms with Gasteiger partial charge in [-0.15, -0.1) is 0 Å². The predicted octanol–water partition coefficient (Wildman–Crippen LogP) is 5.19. The van der Waals surface area contributed by atoms with E-state index in [2.05, 4.69) is 19.9 Å². The summed E-state index contributed by atoms with van der Waals surface area (Å²) in [7, 11) is 0. The van der Waals surface area contributed by atoms with Gasteiger partial charge in [0.1, 0.15) is 11.9 Å². The maximum Gasteiger partial charge on any atom is 0.331 e. The number of ketones is 1. The first-order valence-electron chi connectivity index (χ1n) is 11.8. The lowest BCUT2D eigenvalue weighted by molar-refractivity contribution is -0.147. The zero-order valence-electron chi connectivity index (χ0n) is 20.4. The molecule has 5 heteroatoms. The Morgan fingerprint density at radius 1 is 1.27 bits per heavy atom. The van der Waals surface area contributed by atoms with E-state index in [1.54, 1.807) is 6.08 Å². The maximum absolute atomic E-state index is 12.2. The molecule has 2 rings (SSSR count). The molecule has 0 aromatic heterocycles. The third-order valence-electron chi connectivity index (χ3n) is 5.84. The largest absolute Gasteiger partial charge is 0.455 e. The Balaban J connectivity index is 1.85. The maximum atomic E-state index is 12.2. The third-order valence-corrected chi connectivity index (χ3v) is 5.84. The zero-order chi connectivity index (χ0) is 24.4. The first-order valence-corrected chi connectivity index (χ1v) is 11.8. The van der Waals surface area contributed by atoms with Crippen LogP contribution in [0.5, 0.6) is 0 Å². The molecule has 0 bridgehead atoms. The molecule has 2 heterocycles. The number of ether oxygens (including phenoxy) is 2. The summed E-state index contributed by atoms with van der Waals surface area (Å²) in [6, 6.07) is 0. The van der Waals surface area contributed by atoms with E-state index in [-0.39, 0.29) is 36.3 Å². The summed E-state index contributed by atoms with van der Waals surface area (Å²) in [4.78, 5) is 23.5. The highest BCUT2D eigenvalue weighted by molar-refractivity contribution is 5.83. The molecule has 0 amide bonds. The molecular formula is C28H38O5. The standard InChI is InChI=1S/C28H38O5/c1-6-9-26-22(5)25(30)18-27(33-26)24(29)12-7-10-19(2)16-21(4)17-20(3)14-15-23-11-8-13-28(31)32-23/h6-10,12-15,17,21-24,26-27,29H,11,16,18H2,1-5H3/b9-6+,12-7+,15-14+,19-10+,20-17-/t21-,22?,23-,24?,26+,27+/m1/s1. The van der Waals surface area contributed by atoms with Crippen molar-refractivity contribution in [3.63, 3.8) is 0 Å². The van der Waals surface area contributed by atoms with Crippen LogP contribution in [-0.2, 0) is 19.1 Å². The third kappa shape index (κ3) is 9.10. The fourth-order valence-corrected chi connectivity index (χ4v) is 4.05. The van der Waals surface area contributed by atoms with Crippen molar-refractivity contribution in [2.45, 2.75) is 78.3 Å². The second-order valence-corrected chi connectivity index (χ2v) is 9.08.